The quantitative estimate of drug-likeness (QED) is 0.787. The number of rotatable bonds is 6. The molecule has 0 radical (unpaired) electrons. The third-order valence-electron chi connectivity index (χ3n) is 4.62. The first-order valence-electron chi connectivity index (χ1n) is 8.77. The summed E-state index contributed by atoms with van der Waals surface area (Å²) in [5, 5.41) is 7.54. The van der Waals surface area contributed by atoms with Gasteiger partial charge in [0, 0.05) is 22.2 Å². The van der Waals surface area contributed by atoms with Gasteiger partial charge in [0.25, 0.3) is 0 Å². The molecule has 1 aliphatic heterocycles. The van der Waals surface area contributed by atoms with E-state index in [-0.39, 0.29) is 0 Å². The summed E-state index contributed by atoms with van der Waals surface area (Å²) in [4.78, 5) is 1.57. The number of benzene rings is 2. The van der Waals surface area contributed by atoms with E-state index in [1.54, 1.807) is 19.1 Å². The van der Waals surface area contributed by atoms with E-state index in [9.17, 15) is 0 Å². The molecule has 1 fully saturated rings. The summed E-state index contributed by atoms with van der Waals surface area (Å²) in [5.74, 6) is 1.54. The van der Waals surface area contributed by atoms with Gasteiger partial charge in [0.1, 0.15) is 18.0 Å². The molecule has 1 heterocycles. The van der Waals surface area contributed by atoms with E-state index in [1.807, 2.05) is 36.5 Å². The molecule has 5 nitrogen and oxygen atoms in total. The Morgan fingerprint density at radius 1 is 1.08 bits per heavy atom. The number of methoxy groups -OCH3 is 2. The van der Waals surface area contributed by atoms with E-state index < -0.39 is 0 Å². The second-order valence-electron chi connectivity index (χ2n) is 6.36. The summed E-state index contributed by atoms with van der Waals surface area (Å²) < 4.78 is 10.6. The molecule has 6 heteroatoms. The number of quaternary nitrogens is 1. The van der Waals surface area contributed by atoms with Gasteiger partial charge in [0.15, 0.2) is 0 Å². The number of piperazine rings is 1. The van der Waals surface area contributed by atoms with Gasteiger partial charge in [-0.05, 0) is 24.3 Å². The van der Waals surface area contributed by atoms with Crippen LogP contribution in [-0.2, 0) is 6.54 Å². The molecule has 0 aliphatic carbocycles. The molecule has 2 aromatic rings. The van der Waals surface area contributed by atoms with Gasteiger partial charge >= 0.3 is 0 Å². The zero-order chi connectivity index (χ0) is 18.4. The Bertz CT molecular complexity index is 741. The Hall–Kier alpha value is -2.24. The van der Waals surface area contributed by atoms with Crippen LogP contribution in [0, 0.1) is 0 Å². The van der Waals surface area contributed by atoms with Crippen molar-refractivity contribution < 1.29 is 14.4 Å². The summed E-state index contributed by atoms with van der Waals surface area (Å²) in [7, 11) is 3.30. The van der Waals surface area contributed by atoms with Crippen LogP contribution in [0.1, 0.15) is 11.1 Å². The predicted octanol–water partition coefficient (Wildman–Crippen LogP) is 2.09. The lowest BCUT2D eigenvalue weighted by molar-refractivity contribution is -0.918. The number of halogens is 1. The smallest absolute Gasteiger partial charge is 0.131 e. The minimum absolute atomic E-state index is 0.764. The number of ether oxygens (including phenoxy) is 2. The number of hydrogen-bond donors (Lipinski definition) is 1. The van der Waals surface area contributed by atoms with Crippen LogP contribution in [0.15, 0.2) is 47.6 Å². The molecule has 0 bridgehead atoms. The monoisotopic (exact) mass is 374 g/mol. The average molecular weight is 375 g/mol. The number of hydrazone groups is 1. The summed E-state index contributed by atoms with van der Waals surface area (Å²) in [5.41, 5.74) is 2.27. The number of nitrogens with zero attached hydrogens (tertiary/aromatic N) is 2. The summed E-state index contributed by atoms with van der Waals surface area (Å²) in [6, 6.07) is 13.9. The zero-order valence-electron chi connectivity index (χ0n) is 15.2. The second kappa shape index (κ2) is 8.92. The molecular weight excluding hydrogens is 350 g/mol. The predicted molar refractivity (Wildman–Crippen MR) is 105 cm³/mol. The topological polar surface area (TPSA) is 38.5 Å². The van der Waals surface area contributed by atoms with Gasteiger partial charge in [-0.1, -0.05) is 23.7 Å². The molecule has 0 aromatic heterocycles. The fraction of sp³-hybridized carbons (Fsp3) is 0.350. The second-order valence-corrected chi connectivity index (χ2v) is 6.80. The molecule has 0 saturated carbocycles. The molecule has 0 spiro atoms. The van der Waals surface area contributed by atoms with Crippen LogP contribution in [0.25, 0.3) is 0 Å². The van der Waals surface area contributed by atoms with E-state index in [0.717, 1.165) is 54.8 Å². The van der Waals surface area contributed by atoms with Crippen LogP contribution in [0.2, 0.25) is 5.02 Å². The van der Waals surface area contributed by atoms with Crippen molar-refractivity contribution in [3.8, 4) is 11.5 Å². The van der Waals surface area contributed by atoms with Gasteiger partial charge in [-0.15, -0.1) is 0 Å². The fourth-order valence-electron chi connectivity index (χ4n) is 3.06. The summed E-state index contributed by atoms with van der Waals surface area (Å²) in [6.45, 7) is 5.05. The van der Waals surface area contributed by atoms with Crippen molar-refractivity contribution >= 4 is 17.8 Å². The van der Waals surface area contributed by atoms with Crippen LogP contribution in [0.3, 0.4) is 0 Å². The minimum atomic E-state index is 0.764. The van der Waals surface area contributed by atoms with Gasteiger partial charge in [-0.2, -0.15) is 5.10 Å². The molecule has 1 saturated heterocycles. The first kappa shape index (κ1) is 18.5. The molecule has 0 amide bonds. The van der Waals surface area contributed by atoms with Gasteiger partial charge in [0.2, 0.25) is 0 Å². The third kappa shape index (κ3) is 4.90. The zero-order valence-corrected chi connectivity index (χ0v) is 16.0. The van der Waals surface area contributed by atoms with E-state index in [0.29, 0.717) is 0 Å². The lowest BCUT2D eigenvalue weighted by atomic mass is 10.2. The van der Waals surface area contributed by atoms with Gasteiger partial charge < -0.3 is 14.4 Å². The van der Waals surface area contributed by atoms with Crippen molar-refractivity contribution in [1.29, 1.82) is 0 Å². The summed E-state index contributed by atoms with van der Waals surface area (Å²) >= 11 is 5.95. The van der Waals surface area contributed by atoms with Gasteiger partial charge in [0.05, 0.1) is 46.6 Å². The molecule has 0 atom stereocenters. The number of nitrogens with one attached hydrogen (secondary N) is 1. The Kier molecular flexibility index (Phi) is 6.36. The van der Waals surface area contributed by atoms with Crippen LogP contribution in [0.4, 0.5) is 0 Å². The minimum Gasteiger partial charge on any atom is -0.497 e. The standard InChI is InChI=1S/C20H24ClN3O2/c1-25-19-8-5-17(20(13-19)26-2)14-22-24-11-9-23(10-12-24)15-16-3-6-18(21)7-4-16/h3-8,13-14H,9-12,15H2,1-2H3/p+1/b22-14-. The fourth-order valence-corrected chi connectivity index (χ4v) is 3.19. The van der Waals surface area contributed by atoms with Crippen molar-refractivity contribution in [3.05, 3.63) is 58.6 Å². The highest BCUT2D eigenvalue weighted by Crippen LogP contribution is 2.23. The molecule has 1 aliphatic rings. The maximum Gasteiger partial charge on any atom is 0.131 e. The van der Waals surface area contributed by atoms with Crippen molar-refractivity contribution in [3.63, 3.8) is 0 Å². The highest BCUT2D eigenvalue weighted by molar-refractivity contribution is 6.30. The first-order chi connectivity index (χ1) is 12.7. The molecular formula is C20H25ClN3O2+. The lowest BCUT2D eigenvalue weighted by Crippen LogP contribution is -3.13. The molecule has 2 aromatic carbocycles. The molecule has 138 valence electrons. The van der Waals surface area contributed by atoms with Crippen molar-refractivity contribution in [1.82, 2.24) is 5.01 Å². The van der Waals surface area contributed by atoms with E-state index in [4.69, 9.17) is 21.1 Å². The average Bonchev–Trinajstić information content (AvgIpc) is 2.69. The SMILES string of the molecule is COc1ccc(/C=N\N2CC[NH+](Cc3ccc(Cl)cc3)CC2)c(OC)c1. The van der Waals surface area contributed by atoms with Crippen molar-refractivity contribution in [2.45, 2.75) is 6.54 Å². The highest BCUT2D eigenvalue weighted by Gasteiger charge is 2.18. The maximum absolute atomic E-state index is 5.95. The molecule has 1 N–H and O–H groups in total. The highest BCUT2D eigenvalue weighted by atomic mass is 35.5. The normalized spacial score (nSPS) is 15.4. The van der Waals surface area contributed by atoms with Crippen LogP contribution in [0.5, 0.6) is 11.5 Å². The van der Waals surface area contributed by atoms with E-state index >= 15 is 0 Å². The van der Waals surface area contributed by atoms with Gasteiger partial charge in [-0.25, -0.2) is 0 Å². The Morgan fingerprint density at radius 3 is 2.46 bits per heavy atom. The van der Waals surface area contributed by atoms with E-state index in [2.05, 4.69) is 22.2 Å². The summed E-state index contributed by atoms with van der Waals surface area (Å²) in [6.07, 6.45) is 1.86. The largest absolute Gasteiger partial charge is 0.497 e. The van der Waals surface area contributed by atoms with E-state index in [1.165, 1.54) is 5.56 Å². The van der Waals surface area contributed by atoms with Crippen molar-refractivity contribution in [2.24, 2.45) is 5.10 Å². The molecule has 0 unspecified atom stereocenters. The first-order valence-corrected chi connectivity index (χ1v) is 9.14. The van der Waals surface area contributed by atoms with Gasteiger partial charge in [-0.3, -0.25) is 5.01 Å². The Balaban J connectivity index is 1.53. The maximum atomic E-state index is 5.95. The van der Waals surface area contributed by atoms with Crippen LogP contribution < -0.4 is 14.4 Å². The van der Waals surface area contributed by atoms with Crippen LogP contribution >= 0.6 is 11.6 Å². The molecule has 3 rings (SSSR count). The third-order valence-corrected chi connectivity index (χ3v) is 4.87. The molecule has 26 heavy (non-hydrogen) atoms. The number of hydrogen-bond acceptors (Lipinski definition) is 4. The van der Waals surface area contributed by atoms with Crippen LogP contribution in [-0.4, -0.2) is 51.6 Å². The Labute approximate surface area is 159 Å². The van der Waals surface area contributed by atoms with Crippen molar-refractivity contribution in [2.75, 3.05) is 40.4 Å². The Morgan fingerprint density at radius 2 is 1.81 bits per heavy atom. The lowest BCUT2D eigenvalue weighted by Gasteiger charge is -2.30.